The summed E-state index contributed by atoms with van der Waals surface area (Å²) < 4.78 is 5.66. The summed E-state index contributed by atoms with van der Waals surface area (Å²) in [5.41, 5.74) is 3.17. The van der Waals surface area contributed by atoms with Crippen LogP contribution in [0.3, 0.4) is 0 Å². The van der Waals surface area contributed by atoms with Gasteiger partial charge in [-0.3, -0.25) is 14.4 Å². The van der Waals surface area contributed by atoms with E-state index in [0.717, 1.165) is 36.3 Å². The number of anilines is 2. The molecule has 0 bridgehead atoms. The first-order valence-corrected chi connectivity index (χ1v) is 10.9. The topological polar surface area (TPSA) is 75.7 Å². The Morgan fingerprint density at radius 3 is 2.55 bits per heavy atom. The molecule has 2 amide bonds. The second-order valence-corrected chi connectivity index (χ2v) is 7.85. The van der Waals surface area contributed by atoms with Crippen molar-refractivity contribution in [3.63, 3.8) is 0 Å². The molecule has 2 aromatic rings. The Kier molecular flexibility index (Phi) is 7.82. The number of amides is 2. The van der Waals surface area contributed by atoms with E-state index in [1.54, 1.807) is 42.3 Å². The first-order chi connectivity index (χ1) is 15.0. The van der Waals surface area contributed by atoms with Crippen LogP contribution in [0.4, 0.5) is 11.4 Å². The highest BCUT2D eigenvalue weighted by atomic mass is 16.5. The van der Waals surface area contributed by atoms with Crippen LogP contribution in [0.15, 0.2) is 42.5 Å². The van der Waals surface area contributed by atoms with Gasteiger partial charge in [0.2, 0.25) is 11.8 Å². The van der Waals surface area contributed by atoms with Gasteiger partial charge in [0.25, 0.3) is 0 Å². The van der Waals surface area contributed by atoms with Gasteiger partial charge < -0.3 is 15.0 Å². The lowest BCUT2D eigenvalue weighted by atomic mass is 10.0. The quantitative estimate of drug-likeness (QED) is 0.442. The van der Waals surface area contributed by atoms with Crippen LogP contribution in [0.2, 0.25) is 0 Å². The number of Topliss-reactive ketones (excluding diaryl/α,β-unsaturated/α-hetero) is 1. The molecule has 31 heavy (non-hydrogen) atoms. The molecule has 0 aliphatic carbocycles. The van der Waals surface area contributed by atoms with Gasteiger partial charge in [-0.1, -0.05) is 19.8 Å². The van der Waals surface area contributed by atoms with Gasteiger partial charge in [-0.2, -0.15) is 0 Å². The number of nitrogens with zero attached hydrogens (tertiary/aromatic N) is 1. The highest BCUT2D eigenvalue weighted by Crippen LogP contribution is 2.29. The van der Waals surface area contributed by atoms with Crippen LogP contribution in [0, 0.1) is 0 Å². The van der Waals surface area contributed by atoms with Crippen molar-refractivity contribution in [1.82, 2.24) is 0 Å². The number of fused-ring (bicyclic) bond motifs is 1. The summed E-state index contributed by atoms with van der Waals surface area (Å²) in [7, 11) is 1.76. The van der Waals surface area contributed by atoms with E-state index >= 15 is 0 Å². The number of ketones is 1. The zero-order valence-corrected chi connectivity index (χ0v) is 18.3. The van der Waals surface area contributed by atoms with Crippen molar-refractivity contribution >= 4 is 29.0 Å². The van der Waals surface area contributed by atoms with Crippen LogP contribution >= 0.6 is 0 Å². The van der Waals surface area contributed by atoms with E-state index in [1.807, 2.05) is 12.1 Å². The maximum absolute atomic E-state index is 12.4. The van der Waals surface area contributed by atoms with E-state index in [9.17, 15) is 14.4 Å². The van der Waals surface area contributed by atoms with Crippen LogP contribution < -0.4 is 15.0 Å². The average Bonchev–Trinajstić information content (AvgIpc) is 2.78. The molecule has 0 atom stereocenters. The van der Waals surface area contributed by atoms with Gasteiger partial charge in [-0.05, 0) is 60.9 Å². The van der Waals surface area contributed by atoms with Crippen molar-refractivity contribution < 1.29 is 19.1 Å². The lowest BCUT2D eigenvalue weighted by Gasteiger charge is -2.26. The Morgan fingerprint density at radius 1 is 1.03 bits per heavy atom. The molecule has 0 fully saturated rings. The molecule has 1 aliphatic heterocycles. The van der Waals surface area contributed by atoms with E-state index in [-0.39, 0.29) is 30.4 Å². The van der Waals surface area contributed by atoms with Crippen molar-refractivity contribution in [1.29, 1.82) is 0 Å². The first kappa shape index (κ1) is 22.5. The van der Waals surface area contributed by atoms with Gasteiger partial charge in [-0.15, -0.1) is 0 Å². The number of carbonyl (C=O) groups is 3. The fraction of sp³-hybridized carbons (Fsp3) is 0.400. The molecule has 3 rings (SSSR count). The molecule has 0 saturated heterocycles. The molecule has 1 aliphatic rings. The fourth-order valence-corrected chi connectivity index (χ4v) is 3.61. The number of carbonyl (C=O) groups excluding carboxylic acids is 3. The van der Waals surface area contributed by atoms with Gasteiger partial charge >= 0.3 is 0 Å². The summed E-state index contributed by atoms with van der Waals surface area (Å²) in [4.78, 5) is 38.2. The molecule has 2 aromatic carbocycles. The molecule has 0 aromatic heterocycles. The molecular formula is C25H30N2O4. The maximum atomic E-state index is 12.4. The van der Waals surface area contributed by atoms with E-state index in [2.05, 4.69) is 12.2 Å². The SMILES string of the molecule is CCCCCOc1ccc(C(=O)CCC(=O)Nc2ccc3c(c2)CCC(=O)N3C)cc1. The second-order valence-electron chi connectivity index (χ2n) is 7.85. The van der Waals surface area contributed by atoms with Gasteiger partial charge in [-0.25, -0.2) is 0 Å². The van der Waals surface area contributed by atoms with Crippen LogP contribution in [0.1, 0.15) is 61.4 Å². The number of ether oxygens (including phenoxy) is 1. The standard InChI is InChI=1S/C25H30N2O4/c1-3-4-5-16-31-21-10-6-18(7-11-21)23(28)13-14-24(29)26-20-9-12-22-19(17-20)8-15-25(30)27(22)2/h6-7,9-12,17H,3-5,8,13-16H2,1-2H3,(H,26,29). The Morgan fingerprint density at radius 2 is 1.81 bits per heavy atom. The Hall–Kier alpha value is -3.15. The number of aryl methyl sites for hydroxylation is 1. The fourth-order valence-electron chi connectivity index (χ4n) is 3.61. The lowest BCUT2D eigenvalue weighted by Crippen LogP contribution is -2.31. The molecule has 164 valence electrons. The molecular weight excluding hydrogens is 392 g/mol. The van der Waals surface area contributed by atoms with Crippen LogP contribution in [-0.4, -0.2) is 31.3 Å². The molecule has 0 saturated carbocycles. The van der Waals surface area contributed by atoms with Crippen molar-refractivity contribution in [2.75, 3.05) is 23.9 Å². The predicted octanol–water partition coefficient (Wildman–Crippen LogP) is 4.77. The largest absolute Gasteiger partial charge is 0.494 e. The zero-order valence-electron chi connectivity index (χ0n) is 18.3. The van der Waals surface area contributed by atoms with Gasteiger partial charge in [0.15, 0.2) is 5.78 Å². The number of unbranched alkanes of at least 4 members (excludes halogenated alkanes) is 2. The van der Waals surface area contributed by atoms with Crippen LogP contribution in [-0.2, 0) is 16.0 Å². The molecule has 0 radical (unpaired) electrons. The molecule has 0 unspecified atom stereocenters. The summed E-state index contributed by atoms with van der Waals surface area (Å²) in [6.45, 7) is 2.83. The third-order valence-corrected chi connectivity index (χ3v) is 5.48. The summed E-state index contributed by atoms with van der Waals surface area (Å²) in [5, 5.41) is 2.85. The highest BCUT2D eigenvalue weighted by molar-refractivity contribution is 6.00. The number of benzene rings is 2. The van der Waals surface area contributed by atoms with Crippen molar-refractivity contribution in [3.05, 3.63) is 53.6 Å². The summed E-state index contributed by atoms with van der Waals surface area (Å²) in [6.07, 6.45) is 4.70. The molecule has 6 nitrogen and oxygen atoms in total. The lowest BCUT2D eigenvalue weighted by molar-refractivity contribution is -0.118. The third-order valence-electron chi connectivity index (χ3n) is 5.48. The Labute approximate surface area is 183 Å². The summed E-state index contributed by atoms with van der Waals surface area (Å²) >= 11 is 0. The summed E-state index contributed by atoms with van der Waals surface area (Å²) in [6, 6.07) is 12.6. The van der Waals surface area contributed by atoms with E-state index in [1.165, 1.54) is 0 Å². The van der Waals surface area contributed by atoms with Crippen molar-refractivity contribution in [3.8, 4) is 5.75 Å². The number of rotatable bonds is 10. The van der Waals surface area contributed by atoms with Gasteiger partial charge in [0.1, 0.15) is 5.75 Å². The normalized spacial score (nSPS) is 13.0. The van der Waals surface area contributed by atoms with Crippen molar-refractivity contribution in [2.45, 2.75) is 51.9 Å². The minimum Gasteiger partial charge on any atom is -0.494 e. The maximum Gasteiger partial charge on any atom is 0.227 e. The third kappa shape index (κ3) is 6.17. The van der Waals surface area contributed by atoms with Crippen LogP contribution in [0.5, 0.6) is 5.75 Å². The molecule has 1 heterocycles. The monoisotopic (exact) mass is 422 g/mol. The van der Waals surface area contributed by atoms with E-state index in [0.29, 0.717) is 30.7 Å². The van der Waals surface area contributed by atoms with Gasteiger partial charge in [0.05, 0.1) is 6.61 Å². The van der Waals surface area contributed by atoms with Crippen LogP contribution in [0.25, 0.3) is 0 Å². The summed E-state index contributed by atoms with van der Waals surface area (Å²) in [5.74, 6) is 0.576. The molecule has 6 heteroatoms. The molecule has 0 spiro atoms. The van der Waals surface area contributed by atoms with Crippen molar-refractivity contribution in [2.24, 2.45) is 0 Å². The molecule has 1 N–H and O–H groups in total. The zero-order chi connectivity index (χ0) is 22.2. The second kappa shape index (κ2) is 10.8. The number of hydrogen-bond acceptors (Lipinski definition) is 4. The highest BCUT2D eigenvalue weighted by Gasteiger charge is 2.21. The number of hydrogen-bond donors (Lipinski definition) is 1. The predicted molar refractivity (Wildman–Crippen MR) is 122 cm³/mol. The minimum atomic E-state index is -0.204. The minimum absolute atomic E-state index is 0.0711. The van der Waals surface area contributed by atoms with Gasteiger partial charge in [0, 0.05) is 43.2 Å². The first-order valence-electron chi connectivity index (χ1n) is 10.9. The number of nitrogens with one attached hydrogen (secondary N) is 1. The smallest absolute Gasteiger partial charge is 0.227 e. The van der Waals surface area contributed by atoms with E-state index in [4.69, 9.17) is 4.74 Å². The Balaban J connectivity index is 1.47. The average molecular weight is 423 g/mol. The van der Waals surface area contributed by atoms with E-state index < -0.39 is 0 Å². The Bertz CT molecular complexity index is 937.